The number of benzene rings is 1. The fourth-order valence-electron chi connectivity index (χ4n) is 2.56. The number of nitro benzene ring substituents is 1. The van der Waals surface area contributed by atoms with Crippen molar-refractivity contribution in [3.8, 4) is 0 Å². The number of nitrogens with one attached hydrogen (secondary N) is 2. The Morgan fingerprint density at radius 3 is 2.68 bits per heavy atom. The smallest absolute Gasteiger partial charge is 0.283 e. The number of thioether (sulfide) groups is 1. The molecule has 25 heavy (non-hydrogen) atoms. The van der Waals surface area contributed by atoms with Crippen LogP contribution in [0.15, 0.2) is 23.1 Å². The van der Waals surface area contributed by atoms with Crippen LogP contribution in [0.4, 0.5) is 5.69 Å². The highest BCUT2D eigenvalue weighted by molar-refractivity contribution is 7.99. The second-order valence-electron chi connectivity index (χ2n) is 6.47. The van der Waals surface area contributed by atoms with Crippen molar-refractivity contribution >= 4 is 35.8 Å². The molecule has 1 aromatic rings. The van der Waals surface area contributed by atoms with Crippen LogP contribution in [0.25, 0.3) is 0 Å². The molecule has 1 amide bonds. The van der Waals surface area contributed by atoms with E-state index in [1.807, 2.05) is 0 Å². The number of rotatable bonds is 7. The topological polar surface area (TPSA) is 84.3 Å². The molecule has 140 valence electrons. The van der Waals surface area contributed by atoms with Gasteiger partial charge in [0.15, 0.2) is 0 Å². The highest BCUT2D eigenvalue weighted by Gasteiger charge is 2.20. The van der Waals surface area contributed by atoms with E-state index >= 15 is 0 Å². The lowest BCUT2D eigenvalue weighted by molar-refractivity contribution is -0.387. The van der Waals surface area contributed by atoms with Crippen LogP contribution in [-0.4, -0.2) is 35.7 Å². The third kappa shape index (κ3) is 6.84. The Hall–Kier alpha value is -1.31. The van der Waals surface area contributed by atoms with E-state index in [-0.39, 0.29) is 30.0 Å². The molecule has 0 aliphatic carbocycles. The van der Waals surface area contributed by atoms with Gasteiger partial charge < -0.3 is 10.6 Å². The molecule has 0 aromatic heterocycles. The van der Waals surface area contributed by atoms with E-state index in [1.165, 1.54) is 17.8 Å². The molecule has 1 heterocycles. The van der Waals surface area contributed by atoms with Crippen LogP contribution in [0, 0.1) is 16.0 Å². The first kappa shape index (κ1) is 21.7. The van der Waals surface area contributed by atoms with Gasteiger partial charge in [-0.3, -0.25) is 14.9 Å². The lowest BCUT2D eigenvalue weighted by atomic mass is 10.1. The van der Waals surface area contributed by atoms with Crippen molar-refractivity contribution in [2.45, 2.75) is 44.0 Å². The van der Waals surface area contributed by atoms with Gasteiger partial charge in [-0.1, -0.05) is 13.8 Å². The second kappa shape index (κ2) is 10.6. The molecule has 1 fully saturated rings. The van der Waals surface area contributed by atoms with E-state index in [9.17, 15) is 14.9 Å². The third-order valence-electron chi connectivity index (χ3n) is 4.04. The van der Waals surface area contributed by atoms with Gasteiger partial charge in [0.2, 0.25) is 0 Å². The van der Waals surface area contributed by atoms with Gasteiger partial charge in [-0.15, -0.1) is 24.2 Å². The number of nitro groups is 1. The fraction of sp³-hybridized carbons (Fsp3) is 0.588. The van der Waals surface area contributed by atoms with E-state index in [2.05, 4.69) is 24.5 Å². The molecule has 2 rings (SSSR count). The van der Waals surface area contributed by atoms with Crippen molar-refractivity contribution < 1.29 is 9.72 Å². The summed E-state index contributed by atoms with van der Waals surface area (Å²) in [7, 11) is 0. The van der Waals surface area contributed by atoms with Crippen molar-refractivity contribution in [1.29, 1.82) is 0 Å². The first-order valence-corrected chi connectivity index (χ1v) is 9.38. The number of amides is 1. The van der Waals surface area contributed by atoms with Crippen molar-refractivity contribution in [3.05, 3.63) is 33.9 Å². The summed E-state index contributed by atoms with van der Waals surface area (Å²) in [4.78, 5) is 23.9. The van der Waals surface area contributed by atoms with Gasteiger partial charge in [-0.05, 0) is 56.2 Å². The number of carbonyl (C=O) groups is 1. The predicted octanol–water partition coefficient (Wildman–Crippen LogP) is 3.64. The Labute approximate surface area is 159 Å². The number of carbonyl (C=O) groups excluding carboxylic acids is 1. The molecule has 1 saturated heterocycles. The van der Waals surface area contributed by atoms with Gasteiger partial charge in [0.25, 0.3) is 11.6 Å². The Bertz CT molecular complexity index is 593. The first-order valence-electron chi connectivity index (χ1n) is 8.40. The molecular weight excluding hydrogens is 362 g/mol. The van der Waals surface area contributed by atoms with Crippen molar-refractivity contribution in [2.24, 2.45) is 5.92 Å². The van der Waals surface area contributed by atoms with Crippen molar-refractivity contribution in [1.82, 2.24) is 10.6 Å². The predicted molar refractivity (Wildman–Crippen MR) is 104 cm³/mol. The number of piperidine rings is 1. The van der Waals surface area contributed by atoms with Crippen LogP contribution < -0.4 is 10.6 Å². The maximum Gasteiger partial charge on any atom is 0.283 e. The summed E-state index contributed by atoms with van der Waals surface area (Å²) in [6.45, 7) is 6.03. The summed E-state index contributed by atoms with van der Waals surface area (Å²) in [6.07, 6.45) is 2.77. The molecule has 0 spiro atoms. The van der Waals surface area contributed by atoms with Gasteiger partial charge in [0, 0.05) is 17.7 Å². The quantitative estimate of drug-likeness (QED) is 0.424. The molecular formula is C17H26ClN3O3S. The highest BCUT2D eigenvalue weighted by atomic mass is 35.5. The molecule has 0 saturated carbocycles. The summed E-state index contributed by atoms with van der Waals surface area (Å²) < 4.78 is 0. The zero-order valence-corrected chi connectivity index (χ0v) is 16.3. The Morgan fingerprint density at radius 1 is 1.40 bits per heavy atom. The van der Waals surface area contributed by atoms with Crippen LogP contribution in [-0.2, 0) is 0 Å². The lowest BCUT2D eigenvalue weighted by Crippen LogP contribution is -2.42. The van der Waals surface area contributed by atoms with E-state index in [0.717, 1.165) is 38.1 Å². The molecule has 2 N–H and O–H groups in total. The number of hydrogen-bond acceptors (Lipinski definition) is 5. The highest BCUT2D eigenvalue weighted by Crippen LogP contribution is 2.31. The van der Waals surface area contributed by atoms with E-state index in [1.54, 1.807) is 12.1 Å². The number of hydrogen-bond donors (Lipinski definition) is 2. The normalized spacial score (nSPS) is 14.8. The zero-order valence-electron chi connectivity index (χ0n) is 14.6. The third-order valence-corrected chi connectivity index (χ3v) is 5.14. The molecule has 8 heteroatoms. The summed E-state index contributed by atoms with van der Waals surface area (Å²) in [5.41, 5.74) is 0.371. The van der Waals surface area contributed by atoms with Gasteiger partial charge in [0.05, 0.1) is 9.82 Å². The van der Waals surface area contributed by atoms with E-state index in [4.69, 9.17) is 0 Å². The van der Waals surface area contributed by atoms with E-state index < -0.39 is 4.92 Å². The standard InChI is InChI=1S/C17H25N3O3S.ClH/c1-12(2)7-10-24-16-4-3-13(11-15(16)20(22)23)17(21)19-14-5-8-18-9-6-14;/h3-4,11-12,14,18H,5-10H2,1-2H3,(H,19,21);1H. The average Bonchev–Trinajstić information content (AvgIpc) is 2.55. The summed E-state index contributed by atoms with van der Waals surface area (Å²) in [5.74, 6) is 1.16. The van der Waals surface area contributed by atoms with Crippen molar-refractivity contribution in [3.63, 3.8) is 0 Å². The first-order chi connectivity index (χ1) is 11.5. The molecule has 0 bridgehead atoms. The number of nitrogens with zero attached hydrogens (tertiary/aromatic N) is 1. The summed E-state index contributed by atoms with van der Waals surface area (Å²) >= 11 is 1.48. The average molecular weight is 388 g/mol. The second-order valence-corrected chi connectivity index (χ2v) is 7.61. The minimum absolute atomic E-state index is 0. The Balaban J connectivity index is 0.00000312. The fourth-order valence-corrected chi connectivity index (χ4v) is 3.82. The summed E-state index contributed by atoms with van der Waals surface area (Å²) in [5, 5.41) is 17.5. The lowest BCUT2D eigenvalue weighted by Gasteiger charge is -2.23. The largest absolute Gasteiger partial charge is 0.349 e. The maximum absolute atomic E-state index is 12.3. The molecule has 1 aromatic carbocycles. The van der Waals surface area contributed by atoms with Crippen LogP contribution in [0.3, 0.4) is 0 Å². The van der Waals surface area contributed by atoms with Gasteiger partial charge in [-0.2, -0.15) is 0 Å². The number of halogens is 1. The van der Waals surface area contributed by atoms with Crippen LogP contribution in [0.5, 0.6) is 0 Å². The van der Waals surface area contributed by atoms with Gasteiger partial charge in [-0.25, -0.2) is 0 Å². The van der Waals surface area contributed by atoms with Gasteiger partial charge in [0.1, 0.15) is 0 Å². The SMILES string of the molecule is CC(C)CCSc1ccc(C(=O)NC2CCNCC2)cc1[N+](=O)[O-].Cl. The molecule has 0 radical (unpaired) electrons. The zero-order chi connectivity index (χ0) is 17.5. The monoisotopic (exact) mass is 387 g/mol. The van der Waals surface area contributed by atoms with Crippen LogP contribution >= 0.6 is 24.2 Å². The molecule has 1 aliphatic heterocycles. The van der Waals surface area contributed by atoms with Gasteiger partial charge >= 0.3 is 0 Å². The van der Waals surface area contributed by atoms with Crippen molar-refractivity contribution in [2.75, 3.05) is 18.8 Å². The molecule has 1 aliphatic rings. The molecule has 0 atom stereocenters. The molecule has 6 nitrogen and oxygen atoms in total. The van der Waals surface area contributed by atoms with Crippen LogP contribution in [0.2, 0.25) is 0 Å². The minimum Gasteiger partial charge on any atom is -0.349 e. The maximum atomic E-state index is 12.3. The van der Waals surface area contributed by atoms with E-state index in [0.29, 0.717) is 16.4 Å². The minimum atomic E-state index is -0.404. The van der Waals surface area contributed by atoms with Crippen LogP contribution in [0.1, 0.15) is 43.5 Å². The Kier molecular flexibility index (Phi) is 9.24. The molecule has 0 unspecified atom stereocenters. The Morgan fingerprint density at radius 2 is 2.08 bits per heavy atom. The summed E-state index contributed by atoms with van der Waals surface area (Å²) in [6, 6.07) is 4.91.